The average molecular weight is 973 g/mol. The van der Waals surface area contributed by atoms with Gasteiger partial charge in [-0.25, -0.2) is 4.57 Å². The molecule has 0 bridgehead atoms. The summed E-state index contributed by atoms with van der Waals surface area (Å²) < 4.78 is 39.2. The minimum atomic E-state index is -4.76. The van der Waals surface area contributed by atoms with Crippen molar-refractivity contribution in [1.29, 1.82) is 0 Å². The molecule has 11 nitrogen and oxygen atoms in total. The fourth-order valence-corrected chi connectivity index (χ4v) is 7.36. The third-order valence-electron chi connectivity index (χ3n) is 10.5. The molecular formula is C56H93O11P. The number of aliphatic hydroxyl groups excluding tert-OH is 1. The Hall–Kier alpha value is -3.60. The number of esters is 3. The van der Waals surface area contributed by atoms with Crippen LogP contribution in [0.4, 0.5) is 0 Å². The van der Waals surface area contributed by atoms with Gasteiger partial charge in [-0.3, -0.25) is 23.4 Å². The zero-order valence-corrected chi connectivity index (χ0v) is 43.4. The first-order valence-electron chi connectivity index (χ1n) is 26.1. The molecule has 0 aliphatic heterocycles. The van der Waals surface area contributed by atoms with Gasteiger partial charge in [0.05, 0.1) is 19.8 Å². The molecule has 0 saturated carbocycles. The van der Waals surface area contributed by atoms with Crippen molar-refractivity contribution >= 4 is 25.7 Å². The second-order valence-electron chi connectivity index (χ2n) is 16.9. The van der Waals surface area contributed by atoms with Crippen molar-refractivity contribution in [2.75, 3.05) is 26.4 Å². The first-order chi connectivity index (χ1) is 33.2. The van der Waals surface area contributed by atoms with E-state index in [1.807, 2.05) is 12.2 Å². The molecule has 0 amide bonds. The van der Waals surface area contributed by atoms with E-state index in [1.165, 1.54) is 44.9 Å². The molecule has 0 aromatic carbocycles. The summed E-state index contributed by atoms with van der Waals surface area (Å²) in [6.45, 7) is 4.28. The van der Waals surface area contributed by atoms with Gasteiger partial charge in [-0.05, 0) is 89.9 Å². The first kappa shape index (κ1) is 64.4. The predicted octanol–water partition coefficient (Wildman–Crippen LogP) is 14.9. The minimum absolute atomic E-state index is 0.0792. The second-order valence-corrected chi connectivity index (χ2v) is 18.4. The van der Waals surface area contributed by atoms with E-state index >= 15 is 0 Å². The lowest BCUT2D eigenvalue weighted by molar-refractivity contribution is -0.161. The van der Waals surface area contributed by atoms with Crippen LogP contribution in [-0.2, 0) is 42.2 Å². The lowest BCUT2D eigenvalue weighted by atomic mass is 10.1. The van der Waals surface area contributed by atoms with Crippen molar-refractivity contribution in [3.8, 4) is 0 Å². The lowest BCUT2D eigenvalue weighted by Gasteiger charge is -2.21. The number of aliphatic hydroxyl groups is 1. The maximum atomic E-state index is 12.8. The van der Waals surface area contributed by atoms with Crippen LogP contribution in [0, 0.1) is 0 Å². The molecule has 0 heterocycles. The molecule has 12 heteroatoms. The van der Waals surface area contributed by atoms with Crippen molar-refractivity contribution in [2.45, 2.75) is 213 Å². The van der Waals surface area contributed by atoms with Gasteiger partial charge in [0.25, 0.3) is 0 Å². The summed E-state index contributed by atoms with van der Waals surface area (Å²) in [6, 6.07) is 0. The summed E-state index contributed by atoms with van der Waals surface area (Å²) in [4.78, 5) is 48.3. The molecule has 0 spiro atoms. The van der Waals surface area contributed by atoms with Crippen molar-refractivity contribution in [3.05, 3.63) is 97.2 Å². The monoisotopic (exact) mass is 973 g/mol. The number of carbonyl (C=O) groups excluding carboxylic acids is 3. The van der Waals surface area contributed by atoms with Gasteiger partial charge >= 0.3 is 25.7 Å². The van der Waals surface area contributed by atoms with Crippen LogP contribution < -0.4 is 0 Å². The van der Waals surface area contributed by atoms with Crippen molar-refractivity contribution < 1.29 is 52.2 Å². The lowest BCUT2D eigenvalue weighted by Crippen LogP contribution is -2.30. The number of rotatable bonds is 47. The van der Waals surface area contributed by atoms with Gasteiger partial charge in [0.2, 0.25) is 0 Å². The maximum absolute atomic E-state index is 12.8. The van der Waals surface area contributed by atoms with Crippen LogP contribution in [0.25, 0.3) is 0 Å². The third-order valence-corrected chi connectivity index (χ3v) is 11.5. The highest BCUT2D eigenvalue weighted by Gasteiger charge is 2.28. The zero-order chi connectivity index (χ0) is 49.9. The molecule has 0 aromatic heterocycles. The Labute approximate surface area is 412 Å². The van der Waals surface area contributed by atoms with Gasteiger partial charge in [-0.15, -0.1) is 0 Å². The van der Waals surface area contributed by atoms with E-state index in [0.29, 0.717) is 25.7 Å². The van der Waals surface area contributed by atoms with Gasteiger partial charge in [0.1, 0.15) is 12.7 Å². The Kier molecular flexibility index (Phi) is 47.2. The fraction of sp³-hybridized carbons (Fsp3) is 0.661. The molecule has 2 N–H and O–H groups in total. The molecule has 0 radical (unpaired) electrons. The number of unbranched alkanes of at least 4 members (excludes halogenated alkanes) is 14. The second kappa shape index (κ2) is 49.8. The number of hydrogen-bond donors (Lipinski definition) is 2. The van der Waals surface area contributed by atoms with Crippen molar-refractivity contribution in [3.63, 3.8) is 0 Å². The highest BCUT2D eigenvalue weighted by Crippen LogP contribution is 2.43. The summed E-state index contributed by atoms with van der Waals surface area (Å²) >= 11 is 0. The van der Waals surface area contributed by atoms with E-state index < -0.39 is 57.8 Å². The van der Waals surface area contributed by atoms with Crippen LogP contribution in [0.3, 0.4) is 0 Å². The van der Waals surface area contributed by atoms with Crippen LogP contribution >= 0.6 is 7.82 Å². The summed E-state index contributed by atoms with van der Waals surface area (Å²) in [6.07, 6.45) is 56.7. The Balaban J connectivity index is 4.89. The Bertz CT molecular complexity index is 1510. The molecule has 3 unspecified atom stereocenters. The van der Waals surface area contributed by atoms with Crippen molar-refractivity contribution in [2.24, 2.45) is 0 Å². The molecule has 388 valence electrons. The normalized spacial score (nSPS) is 14.2. The quantitative estimate of drug-likeness (QED) is 0.0197. The Morgan fingerprint density at radius 3 is 1.24 bits per heavy atom. The first-order valence-corrected chi connectivity index (χ1v) is 27.6. The molecule has 0 rings (SSSR count). The van der Waals surface area contributed by atoms with Crippen molar-refractivity contribution in [1.82, 2.24) is 0 Å². The maximum Gasteiger partial charge on any atom is 0.472 e. The summed E-state index contributed by atoms with van der Waals surface area (Å²) in [7, 11) is -4.76. The van der Waals surface area contributed by atoms with Gasteiger partial charge < -0.3 is 24.2 Å². The molecule has 0 aliphatic rings. The topological polar surface area (TPSA) is 155 Å². The summed E-state index contributed by atoms with van der Waals surface area (Å²) in [5.41, 5.74) is 0. The summed E-state index contributed by atoms with van der Waals surface area (Å²) in [5.74, 6) is -1.58. The van der Waals surface area contributed by atoms with Gasteiger partial charge in [0.15, 0.2) is 6.10 Å². The number of phosphoric acid groups is 1. The molecule has 0 aromatic rings. The van der Waals surface area contributed by atoms with Crippen LogP contribution in [-0.4, -0.2) is 66.5 Å². The molecule has 0 aliphatic carbocycles. The van der Waals surface area contributed by atoms with Crippen LogP contribution in [0.15, 0.2) is 97.2 Å². The highest BCUT2D eigenvalue weighted by molar-refractivity contribution is 7.47. The highest BCUT2D eigenvalue weighted by atomic mass is 31.2. The van der Waals surface area contributed by atoms with Crippen LogP contribution in [0.2, 0.25) is 0 Å². The number of phosphoric ester groups is 1. The Morgan fingerprint density at radius 2 is 0.779 bits per heavy atom. The van der Waals surface area contributed by atoms with E-state index in [1.54, 1.807) is 0 Å². The standard InChI is InChI=1S/C56H93O11P/c1-4-7-10-13-16-19-22-24-25-26-27-29-32-35-38-41-44-47-56(60)67-53(49-63-54(58)45-42-39-36-33-31-28-23-20-17-14-11-8-5-2)51-65-68(61,62)64-50-52(48-57)66-55(59)46-43-40-37-34-30-21-18-15-12-9-6-3/h7-8,10-11,16-17,19-20,24-25,27-29,31,35,38,52-53,57H,4-6,9,12-15,18,21-23,26,30,32-34,36-37,39-51H2,1-3H3,(H,61,62)/b10-7-,11-8-,19-16-,20-17-,25-24-,29-27-,31-28-,38-35-. The fourth-order valence-electron chi connectivity index (χ4n) is 6.58. The van der Waals surface area contributed by atoms with E-state index in [2.05, 4.69) is 106 Å². The van der Waals surface area contributed by atoms with Crippen LogP contribution in [0.5, 0.6) is 0 Å². The third kappa shape index (κ3) is 47.5. The molecular weight excluding hydrogens is 880 g/mol. The molecule has 0 saturated heterocycles. The van der Waals surface area contributed by atoms with Gasteiger partial charge in [-0.1, -0.05) is 189 Å². The van der Waals surface area contributed by atoms with Gasteiger partial charge in [-0.2, -0.15) is 0 Å². The number of ether oxygens (including phenoxy) is 3. The Morgan fingerprint density at radius 1 is 0.426 bits per heavy atom. The number of carbonyl (C=O) groups is 3. The predicted molar refractivity (Wildman–Crippen MR) is 279 cm³/mol. The number of allylic oxidation sites excluding steroid dienone is 16. The van der Waals surface area contributed by atoms with Gasteiger partial charge in [0, 0.05) is 19.3 Å². The largest absolute Gasteiger partial charge is 0.472 e. The van der Waals surface area contributed by atoms with Crippen LogP contribution in [0.1, 0.15) is 201 Å². The van der Waals surface area contributed by atoms with E-state index in [-0.39, 0.29) is 25.9 Å². The van der Waals surface area contributed by atoms with E-state index in [9.17, 15) is 28.9 Å². The summed E-state index contributed by atoms with van der Waals surface area (Å²) in [5, 5.41) is 9.76. The van der Waals surface area contributed by atoms with E-state index in [0.717, 1.165) is 89.9 Å². The smallest absolute Gasteiger partial charge is 0.462 e. The zero-order valence-electron chi connectivity index (χ0n) is 42.5. The SMILES string of the molecule is CC/C=C\C/C=C\C/C=C\C/C=C\C/C=C\CCCC(=O)OC(COC(=O)CCCCC/C=C\C/C=C\C/C=C\CC)COP(=O)(O)OCC(CO)OC(=O)CCCCCCCCCCCCC. The minimum Gasteiger partial charge on any atom is -0.462 e. The molecule has 0 fully saturated rings. The number of hydrogen-bond acceptors (Lipinski definition) is 10. The average Bonchev–Trinajstić information content (AvgIpc) is 3.32. The van der Waals surface area contributed by atoms with E-state index in [4.69, 9.17) is 23.3 Å². The molecule has 68 heavy (non-hydrogen) atoms. The molecule has 3 atom stereocenters.